The second kappa shape index (κ2) is 4.03. The zero-order valence-corrected chi connectivity index (χ0v) is 10.3. The summed E-state index contributed by atoms with van der Waals surface area (Å²) in [6.07, 6.45) is 1.27. The van der Waals surface area contributed by atoms with Gasteiger partial charge in [-0.1, -0.05) is 22.0 Å². The highest BCUT2D eigenvalue weighted by Crippen LogP contribution is 2.30. The summed E-state index contributed by atoms with van der Waals surface area (Å²) in [4.78, 5) is 0. The Balaban J connectivity index is 2.40. The van der Waals surface area contributed by atoms with E-state index in [0.29, 0.717) is 5.92 Å². The SMILES string of the molecule is Cc1cc(Br)c(C)c(C2CCNC2)c1. The van der Waals surface area contributed by atoms with E-state index in [1.165, 1.54) is 27.6 Å². The van der Waals surface area contributed by atoms with Gasteiger partial charge in [0.05, 0.1) is 0 Å². The molecule has 1 aromatic rings. The molecule has 0 aliphatic carbocycles. The minimum absolute atomic E-state index is 0.714. The second-order valence-electron chi connectivity index (χ2n) is 4.15. The van der Waals surface area contributed by atoms with Crippen LogP contribution in [0.25, 0.3) is 0 Å². The third-order valence-corrected chi connectivity index (χ3v) is 3.85. The molecule has 1 aliphatic rings. The lowest BCUT2D eigenvalue weighted by molar-refractivity contribution is 0.755. The first-order valence-corrected chi connectivity index (χ1v) is 5.95. The summed E-state index contributed by atoms with van der Waals surface area (Å²) < 4.78 is 1.25. The molecular weight excluding hydrogens is 238 g/mol. The van der Waals surface area contributed by atoms with E-state index in [2.05, 4.69) is 47.2 Å². The average molecular weight is 254 g/mol. The van der Waals surface area contributed by atoms with E-state index in [0.717, 1.165) is 13.1 Å². The van der Waals surface area contributed by atoms with Crippen LogP contribution in [0.2, 0.25) is 0 Å². The van der Waals surface area contributed by atoms with Crippen LogP contribution in [0.5, 0.6) is 0 Å². The lowest BCUT2D eigenvalue weighted by atomic mass is 9.93. The van der Waals surface area contributed by atoms with Crippen molar-refractivity contribution in [1.29, 1.82) is 0 Å². The van der Waals surface area contributed by atoms with E-state index in [1.54, 1.807) is 0 Å². The lowest BCUT2D eigenvalue weighted by Crippen LogP contribution is -2.09. The number of hydrogen-bond donors (Lipinski definition) is 1. The molecule has 0 amide bonds. The van der Waals surface area contributed by atoms with Gasteiger partial charge in [-0.05, 0) is 55.5 Å². The maximum absolute atomic E-state index is 3.62. The molecule has 0 bridgehead atoms. The molecule has 0 saturated carbocycles. The van der Waals surface area contributed by atoms with E-state index in [9.17, 15) is 0 Å². The highest BCUT2D eigenvalue weighted by Gasteiger charge is 2.19. The Kier molecular flexibility index (Phi) is 2.93. The van der Waals surface area contributed by atoms with Crippen molar-refractivity contribution in [3.05, 3.63) is 33.3 Å². The number of nitrogens with one attached hydrogen (secondary N) is 1. The summed E-state index contributed by atoms with van der Waals surface area (Å²) in [5.41, 5.74) is 4.27. The smallest absolute Gasteiger partial charge is 0.0209 e. The van der Waals surface area contributed by atoms with Gasteiger partial charge >= 0.3 is 0 Å². The molecule has 1 nitrogen and oxygen atoms in total. The molecule has 1 N–H and O–H groups in total. The zero-order valence-electron chi connectivity index (χ0n) is 8.73. The van der Waals surface area contributed by atoms with Crippen molar-refractivity contribution in [3.63, 3.8) is 0 Å². The summed E-state index contributed by atoms with van der Waals surface area (Å²) in [6, 6.07) is 4.53. The largest absolute Gasteiger partial charge is 0.316 e. The fourth-order valence-electron chi connectivity index (χ4n) is 2.19. The van der Waals surface area contributed by atoms with Gasteiger partial charge in [-0.25, -0.2) is 0 Å². The Morgan fingerprint density at radius 3 is 2.79 bits per heavy atom. The molecule has 1 atom stereocenters. The first-order valence-electron chi connectivity index (χ1n) is 5.16. The van der Waals surface area contributed by atoms with Crippen molar-refractivity contribution in [2.75, 3.05) is 13.1 Å². The lowest BCUT2D eigenvalue weighted by Gasteiger charge is -2.14. The van der Waals surface area contributed by atoms with Gasteiger partial charge in [0, 0.05) is 11.0 Å². The predicted octanol–water partition coefficient (Wildman–Crippen LogP) is 3.14. The molecule has 1 aromatic carbocycles. The van der Waals surface area contributed by atoms with Crippen molar-refractivity contribution < 1.29 is 0 Å². The third kappa shape index (κ3) is 1.86. The van der Waals surface area contributed by atoms with Gasteiger partial charge in [0.25, 0.3) is 0 Å². The summed E-state index contributed by atoms with van der Waals surface area (Å²) in [7, 11) is 0. The van der Waals surface area contributed by atoms with Gasteiger partial charge in [0.1, 0.15) is 0 Å². The molecule has 0 spiro atoms. The molecule has 1 fully saturated rings. The van der Waals surface area contributed by atoms with Gasteiger partial charge < -0.3 is 5.32 Å². The first kappa shape index (κ1) is 10.2. The Bertz CT molecular complexity index is 340. The van der Waals surface area contributed by atoms with E-state index < -0.39 is 0 Å². The summed E-state index contributed by atoms with van der Waals surface area (Å²) >= 11 is 3.62. The molecule has 14 heavy (non-hydrogen) atoms. The minimum Gasteiger partial charge on any atom is -0.316 e. The normalized spacial score (nSPS) is 21.5. The van der Waals surface area contributed by atoms with Crippen LogP contribution in [-0.2, 0) is 0 Å². The Hall–Kier alpha value is -0.340. The average Bonchev–Trinajstić information content (AvgIpc) is 2.63. The minimum atomic E-state index is 0.714. The van der Waals surface area contributed by atoms with Gasteiger partial charge in [-0.3, -0.25) is 0 Å². The van der Waals surface area contributed by atoms with E-state index in [1.807, 2.05) is 0 Å². The van der Waals surface area contributed by atoms with Gasteiger partial charge in [-0.2, -0.15) is 0 Å². The van der Waals surface area contributed by atoms with Crippen LogP contribution in [0, 0.1) is 13.8 Å². The van der Waals surface area contributed by atoms with E-state index in [-0.39, 0.29) is 0 Å². The Morgan fingerprint density at radius 2 is 2.14 bits per heavy atom. The number of benzene rings is 1. The van der Waals surface area contributed by atoms with Crippen molar-refractivity contribution in [2.45, 2.75) is 26.2 Å². The monoisotopic (exact) mass is 253 g/mol. The molecule has 0 aromatic heterocycles. The maximum Gasteiger partial charge on any atom is 0.0209 e. The van der Waals surface area contributed by atoms with Crippen molar-refractivity contribution in [2.24, 2.45) is 0 Å². The number of aryl methyl sites for hydroxylation is 1. The summed E-state index contributed by atoms with van der Waals surface area (Å²) in [5, 5.41) is 3.42. The number of rotatable bonds is 1. The second-order valence-corrected chi connectivity index (χ2v) is 5.01. The molecule has 1 heterocycles. The molecule has 1 unspecified atom stereocenters. The first-order chi connectivity index (χ1) is 6.68. The third-order valence-electron chi connectivity index (χ3n) is 3.03. The molecule has 1 aliphatic heterocycles. The summed E-state index contributed by atoms with van der Waals surface area (Å²) in [6.45, 7) is 6.67. The molecule has 0 radical (unpaired) electrons. The highest BCUT2D eigenvalue weighted by molar-refractivity contribution is 9.10. The van der Waals surface area contributed by atoms with Crippen LogP contribution in [0.3, 0.4) is 0 Å². The van der Waals surface area contributed by atoms with Crippen LogP contribution < -0.4 is 5.32 Å². The maximum atomic E-state index is 3.62. The predicted molar refractivity (Wildman–Crippen MR) is 63.8 cm³/mol. The van der Waals surface area contributed by atoms with Crippen molar-refractivity contribution in [1.82, 2.24) is 5.32 Å². The summed E-state index contributed by atoms with van der Waals surface area (Å²) in [5.74, 6) is 0.714. The topological polar surface area (TPSA) is 12.0 Å². The fourth-order valence-corrected chi connectivity index (χ4v) is 2.78. The number of hydrogen-bond acceptors (Lipinski definition) is 1. The van der Waals surface area contributed by atoms with Crippen LogP contribution in [-0.4, -0.2) is 13.1 Å². The van der Waals surface area contributed by atoms with Crippen LogP contribution in [0.4, 0.5) is 0 Å². The van der Waals surface area contributed by atoms with E-state index in [4.69, 9.17) is 0 Å². The Morgan fingerprint density at radius 1 is 1.36 bits per heavy atom. The standard InChI is InChI=1S/C12H16BrN/c1-8-5-11(9(2)12(13)6-8)10-3-4-14-7-10/h5-6,10,14H,3-4,7H2,1-2H3. The zero-order chi connectivity index (χ0) is 10.1. The molecule has 2 rings (SSSR count). The van der Waals surface area contributed by atoms with Gasteiger partial charge in [0.2, 0.25) is 0 Å². The molecule has 2 heteroatoms. The molecule has 76 valence electrons. The molecular formula is C12H16BrN. The van der Waals surface area contributed by atoms with Crippen LogP contribution >= 0.6 is 15.9 Å². The van der Waals surface area contributed by atoms with Crippen LogP contribution in [0.1, 0.15) is 29.0 Å². The van der Waals surface area contributed by atoms with Gasteiger partial charge in [0.15, 0.2) is 0 Å². The van der Waals surface area contributed by atoms with E-state index >= 15 is 0 Å². The van der Waals surface area contributed by atoms with Crippen molar-refractivity contribution >= 4 is 15.9 Å². The molecule has 1 saturated heterocycles. The van der Waals surface area contributed by atoms with Crippen molar-refractivity contribution in [3.8, 4) is 0 Å². The quantitative estimate of drug-likeness (QED) is 0.811. The highest BCUT2D eigenvalue weighted by atomic mass is 79.9. The Labute approximate surface area is 94.0 Å². The van der Waals surface area contributed by atoms with Gasteiger partial charge in [-0.15, -0.1) is 0 Å². The fraction of sp³-hybridized carbons (Fsp3) is 0.500. The van der Waals surface area contributed by atoms with Crippen LogP contribution in [0.15, 0.2) is 16.6 Å². The number of halogens is 1.